The van der Waals surface area contributed by atoms with Crippen LogP contribution >= 0.6 is 0 Å². The van der Waals surface area contributed by atoms with E-state index in [0.717, 1.165) is 12.8 Å². The molecule has 21 heavy (non-hydrogen) atoms. The molecule has 1 aromatic carbocycles. The lowest BCUT2D eigenvalue weighted by Crippen LogP contribution is -2.53. The molecule has 1 N–H and O–H groups in total. The molecule has 4 heteroatoms. The number of likely N-dealkylation sites (N-methyl/N-ethyl adjacent to an activating group) is 2. The lowest BCUT2D eigenvalue weighted by atomic mass is 9.79. The van der Waals surface area contributed by atoms with Crippen LogP contribution in [-0.2, 0) is 0 Å². The van der Waals surface area contributed by atoms with Crippen molar-refractivity contribution in [3.8, 4) is 0 Å². The normalized spacial score (nSPS) is 13.8. The summed E-state index contributed by atoms with van der Waals surface area (Å²) in [7, 11) is 4.00. The summed E-state index contributed by atoms with van der Waals surface area (Å²) in [5.41, 5.74) is 0.505. The monoisotopic (exact) mass is 298 g/mol. The molecule has 1 rings (SSSR count). The predicted octanol–water partition coefficient (Wildman–Crippen LogP) is 4.04. The molecule has 0 aliphatic carbocycles. The minimum Gasteiger partial charge on any atom is -0.309 e. The molecule has 1 atom stereocenters. The van der Waals surface area contributed by atoms with Crippen LogP contribution in [0.15, 0.2) is 12.1 Å². The zero-order valence-corrected chi connectivity index (χ0v) is 14.1. The number of nitrogens with one attached hydrogen (secondary N) is 1. The predicted molar refractivity (Wildman–Crippen MR) is 84.5 cm³/mol. The minimum absolute atomic E-state index is 0.248. The largest absolute Gasteiger partial charge is 0.309 e. The first-order valence-corrected chi connectivity index (χ1v) is 7.70. The van der Waals surface area contributed by atoms with Gasteiger partial charge in [0, 0.05) is 11.1 Å². The number of benzene rings is 1. The topological polar surface area (TPSA) is 15.3 Å². The van der Waals surface area contributed by atoms with Crippen molar-refractivity contribution in [2.75, 3.05) is 20.6 Å². The van der Waals surface area contributed by atoms with Crippen LogP contribution in [0.4, 0.5) is 8.78 Å². The van der Waals surface area contributed by atoms with Crippen molar-refractivity contribution in [1.29, 1.82) is 0 Å². The van der Waals surface area contributed by atoms with E-state index in [9.17, 15) is 8.78 Å². The van der Waals surface area contributed by atoms with Gasteiger partial charge in [-0.1, -0.05) is 32.9 Å². The maximum absolute atomic E-state index is 14.5. The Morgan fingerprint density at radius 1 is 1.10 bits per heavy atom. The van der Waals surface area contributed by atoms with Crippen LogP contribution < -0.4 is 5.32 Å². The van der Waals surface area contributed by atoms with Gasteiger partial charge in [-0.3, -0.25) is 0 Å². The number of hydrogen-bond acceptors (Lipinski definition) is 2. The summed E-state index contributed by atoms with van der Waals surface area (Å²) in [6, 6.07) is 3.12. The van der Waals surface area contributed by atoms with Gasteiger partial charge in [0.25, 0.3) is 0 Å². The molecule has 0 aliphatic heterocycles. The van der Waals surface area contributed by atoms with Crippen LogP contribution in [0.2, 0.25) is 0 Å². The third-order valence-electron chi connectivity index (χ3n) is 4.68. The van der Waals surface area contributed by atoms with Gasteiger partial charge in [-0.2, -0.15) is 0 Å². The van der Waals surface area contributed by atoms with Crippen molar-refractivity contribution in [3.63, 3.8) is 0 Å². The molecule has 120 valence electrons. The van der Waals surface area contributed by atoms with Crippen LogP contribution in [0.1, 0.15) is 50.8 Å². The number of nitrogens with zero attached hydrogens (tertiary/aromatic N) is 1. The summed E-state index contributed by atoms with van der Waals surface area (Å²) in [4.78, 5) is 2.12. The number of hydrogen-bond donors (Lipinski definition) is 1. The van der Waals surface area contributed by atoms with Gasteiger partial charge in [0.05, 0.1) is 6.04 Å². The fourth-order valence-electron chi connectivity index (χ4n) is 3.23. The first-order valence-electron chi connectivity index (χ1n) is 7.70. The van der Waals surface area contributed by atoms with Crippen LogP contribution in [-0.4, -0.2) is 31.1 Å². The van der Waals surface area contributed by atoms with E-state index in [1.807, 2.05) is 21.0 Å². The second kappa shape index (κ2) is 7.32. The van der Waals surface area contributed by atoms with E-state index in [0.29, 0.717) is 17.7 Å². The second-order valence-corrected chi connectivity index (χ2v) is 5.80. The van der Waals surface area contributed by atoms with Crippen molar-refractivity contribution in [3.05, 3.63) is 34.9 Å². The molecule has 0 heterocycles. The van der Waals surface area contributed by atoms with Crippen molar-refractivity contribution < 1.29 is 8.78 Å². The number of rotatable bonds is 7. The van der Waals surface area contributed by atoms with Gasteiger partial charge in [0.2, 0.25) is 0 Å². The van der Waals surface area contributed by atoms with Gasteiger partial charge in [0.15, 0.2) is 11.6 Å². The minimum atomic E-state index is -0.740. The average Bonchev–Trinajstić information content (AvgIpc) is 2.46. The van der Waals surface area contributed by atoms with Gasteiger partial charge in [-0.25, -0.2) is 8.78 Å². The Morgan fingerprint density at radius 2 is 1.67 bits per heavy atom. The van der Waals surface area contributed by atoms with Crippen molar-refractivity contribution in [2.45, 2.75) is 52.1 Å². The molecule has 0 amide bonds. The molecule has 1 unspecified atom stereocenters. The van der Waals surface area contributed by atoms with Crippen LogP contribution in [0, 0.1) is 18.6 Å². The molecule has 1 aromatic rings. The lowest BCUT2D eigenvalue weighted by molar-refractivity contribution is 0.0868. The van der Waals surface area contributed by atoms with Gasteiger partial charge < -0.3 is 10.2 Å². The highest BCUT2D eigenvalue weighted by Crippen LogP contribution is 2.37. The molecule has 0 radical (unpaired) electrons. The first kappa shape index (κ1) is 18.1. The van der Waals surface area contributed by atoms with Gasteiger partial charge in [-0.15, -0.1) is 0 Å². The van der Waals surface area contributed by atoms with E-state index in [-0.39, 0.29) is 11.6 Å². The first-order chi connectivity index (χ1) is 9.85. The summed E-state index contributed by atoms with van der Waals surface area (Å²) in [6.45, 7) is 8.46. The average molecular weight is 298 g/mol. The Balaban J connectivity index is 3.45. The van der Waals surface area contributed by atoms with Crippen LogP contribution in [0.3, 0.4) is 0 Å². The zero-order chi connectivity index (χ0) is 16.2. The highest BCUT2D eigenvalue weighted by molar-refractivity contribution is 5.30. The third kappa shape index (κ3) is 3.27. The molecule has 0 aromatic heterocycles. The molecule has 0 saturated carbocycles. The summed E-state index contributed by atoms with van der Waals surface area (Å²) in [5.74, 6) is -1.47. The summed E-state index contributed by atoms with van der Waals surface area (Å²) in [6.07, 6.45) is 1.70. The van der Waals surface area contributed by atoms with Crippen LogP contribution in [0.25, 0.3) is 0 Å². The Morgan fingerprint density at radius 3 is 2.10 bits per heavy atom. The molecule has 0 spiro atoms. The SMILES string of the molecule is CCNC(c1ccc(C)c(F)c1F)C(CC)(CC)N(C)C. The molecule has 2 nitrogen and oxygen atoms in total. The molecular weight excluding hydrogens is 270 g/mol. The summed E-state index contributed by atoms with van der Waals surface area (Å²) >= 11 is 0. The summed E-state index contributed by atoms with van der Waals surface area (Å²) in [5, 5.41) is 3.36. The van der Waals surface area contributed by atoms with Gasteiger partial charge >= 0.3 is 0 Å². The second-order valence-electron chi connectivity index (χ2n) is 5.80. The van der Waals surface area contributed by atoms with E-state index < -0.39 is 11.6 Å². The third-order valence-corrected chi connectivity index (χ3v) is 4.68. The van der Waals surface area contributed by atoms with Gasteiger partial charge in [0.1, 0.15) is 0 Å². The smallest absolute Gasteiger partial charge is 0.163 e. The Hall–Kier alpha value is -1.00. The van der Waals surface area contributed by atoms with E-state index in [1.54, 1.807) is 19.1 Å². The maximum atomic E-state index is 14.5. The maximum Gasteiger partial charge on any atom is 0.163 e. The molecule has 0 fully saturated rings. The van der Waals surface area contributed by atoms with E-state index >= 15 is 0 Å². The molecule has 0 saturated heterocycles. The number of halogens is 2. The Kier molecular flexibility index (Phi) is 6.29. The van der Waals surface area contributed by atoms with E-state index in [2.05, 4.69) is 24.1 Å². The van der Waals surface area contributed by atoms with Crippen LogP contribution in [0.5, 0.6) is 0 Å². The highest BCUT2D eigenvalue weighted by atomic mass is 19.2. The molecule has 0 aliphatic rings. The fraction of sp³-hybridized carbons (Fsp3) is 0.647. The Labute approximate surface area is 127 Å². The number of aryl methyl sites for hydroxylation is 1. The Bertz CT molecular complexity index is 468. The van der Waals surface area contributed by atoms with Gasteiger partial charge in [-0.05, 0) is 46.0 Å². The highest BCUT2D eigenvalue weighted by Gasteiger charge is 2.40. The lowest BCUT2D eigenvalue weighted by Gasteiger charge is -2.45. The molecular formula is C17H28F2N2. The van der Waals surface area contributed by atoms with E-state index in [4.69, 9.17) is 0 Å². The fourth-order valence-corrected chi connectivity index (χ4v) is 3.23. The standard InChI is InChI=1S/C17H28F2N2/c1-7-17(8-2,21(5)6)16(20-9-3)13-11-10-12(4)14(18)15(13)19/h10-11,16,20H,7-9H2,1-6H3. The quantitative estimate of drug-likeness (QED) is 0.817. The van der Waals surface area contributed by atoms with Crippen molar-refractivity contribution in [1.82, 2.24) is 10.2 Å². The van der Waals surface area contributed by atoms with Crippen molar-refractivity contribution in [2.24, 2.45) is 0 Å². The van der Waals surface area contributed by atoms with E-state index in [1.165, 1.54) is 0 Å². The summed E-state index contributed by atoms with van der Waals surface area (Å²) < 4.78 is 28.4. The van der Waals surface area contributed by atoms with Crippen molar-refractivity contribution >= 4 is 0 Å². The zero-order valence-electron chi connectivity index (χ0n) is 14.1. The molecule has 0 bridgehead atoms.